The summed E-state index contributed by atoms with van der Waals surface area (Å²) in [6.45, 7) is 1.92. The number of thiazole rings is 1. The van der Waals surface area contributed by atoms with Crippen LogP contribution in [-0.2, 0) is 4.79 Å². The lowest BCUT2D eigenvalue weighted by molar-refractivity contribution is -0.118. The van der Waals surface area contributed by atoms with Crippen molar-refractivity contribution in [2.75, 3.05) is 6.54 Å². The molecule has 0 atom stereocenters. The summed E-state index contributed by atoms with van der Waals surface area (Å²) >= 11 is 1.19. The van der Waals surface area contributed by atoms with Crippen LogP contribution in [0.25, 0.3) is 0 Å². The highest BCUT2D eigenvalue weighted by Gasteiger charge is 2.06. The van der Waals surface area contributed by atoms with Gasteiger partial charge >= 0.3 is 5.97 Å². The van der Waals surface area contributed by atoms with E-state index in [1.807, 2.05) is 0 Å². The first kappa shape index (κ1) is 12.2. The third-order valence-corrected chi connectivity index (χ3v) is 2.30. The number of carbonyl (C=O) groups excluding carboxylic acids is 1. The van der Waals surface area contributed by atoms with Gasteiger partial charge in [-0.1, -0.05) is 5.92 Å². The summed E-state index contributed by atoms with van der Waals surface area (Å²) in [6, 6.07) is 0. The Balaban J connectivity index is 2.44. The third kappa shape index (κ3) is 4.11. The average Bonchev–Trinajstić information content (AvgIpc) is 2.65. The number of nitrogens with zero attached hydrogens (tertiary/aromatic N) is 1. The lowest BCUT2D eigenvalue weighted by atomic mass is 10.4. The summed E-state index contributed by atoms with van der Waals surface area (Å²) < 4.78 is 0. The van der Waals surface area contributed by atoms with Crippen molar-refractivity contribution < 1.29 is 14.7 Å². The Morgan fingerprint density at radius 1 is 1.62 bits per heavy atom. The van der Waals surface area contributed by atoms with Crippen LogP contribution in [0.1, 0.15) is 28.8 Å². The molecule has 0 fully saturated rings. The molecule has 0 aliphatic rings. The molecule has 6 heteroatoms. The van der Waals surface area contributed by atoms with Crippen molar-refractivity contribution in [3.05, 3.63) is 16.1 Å². The average molecular weight is 238 g/mol. The van der Waals surface area contributed by atoms with Gasteiger partial charge in [-0.25, -0.2) is 9.78 Å². The molecular formula is C10H10N2O3S. The summed E-state index contributed by atoms with van der Waals surface area (Å²) in [5.41, 5.74) is 0.0103. The van der Waals surface area contributed by atoms with E-state index in [0.717, 1.165) is 0 Å². The van der Waals surface area contributed by atoms with Gasteiger partial charge < -0.3 is 10.4 Å². The van der Waals surface area contributed by atoms with Gasteiger partial charge in [-0.05, 0) is 5.92 Å². The Morgan fingerprint density at radius 2 is 2.38 bits per heavy atom. The Bertz CT molecular complexity index is 456. The number of carbonyl (C=O) groups is 2. The van der Waals surface area contributed by atoms with Gasteiger partial charge in [-0.2, -0.15) is 0 Å². The molecule has 5 nitrogen and oxygen atoms in total. The van der Waals surface area contributed by atoms with Crippen LogP contribution in [-0.4, -0.2) is 28.5 Å². The summed E-state index contributed by atoms with van der Waals surface area (Å²) in [6.07, 6.45) is 0.515. The molecule has 0 saturated heterocycles. The minimum Gasteiger partial charge on any atom is -0.476 e. The highest BCUT2D eigenvalue weighted by Crippen LogP contribution is 2.07. The van der Waals surface area contributed by atoms with Gasteiger partial charge in [0.25, 0.3) is 0 Å². The van der Waals surface area contributed by atoms with Gasteiger partial charge in [-0.15, -0.1) is 11.3 Å². The van der Waals surface area contributed by atoms with Gasteiger partial charge in [0.15, 0.2) is 10.7 Å². The number of hydrogen-bond acceptors (Lipinski definition) is 4. The van der Waals surface area contributed by atoms with Gasteiger partial charge in [0, 0.05) is 25.3 Å². The number of aromatic carboxylic acids is 1. The molecule has 0 aromatic carbocycles. The van der Waals surface area contributed by atoms with Crippen LogP contribution in [0.5, 0.6) is 0 Å². The number of carboxylic acid groups (broad SMARTS) is 1. The third-order valence-electron chi connectivity index (χ3n) is 1.54. The molecular weight excluding hydrogens is 228 g/mol. The van der Waals surface area contributed by atoms with Crippen molar-refractivity contribution in [3.8, 4) is 11.8 Å². The maximum Gasteiger partial charge on any atom is 0.355 e. The molecule has 1 amide bonds. The van der Waals surface area contributed by atoms with E-state index < -0.39 is 5.97 Å². The first-order valence-corrected chi connectivity index (χ1v) is 5.39. The summed E-state index contributed by atoms with van der Waals surface area (Å²) in [7, 11) is 0. The van der Waals surface area contributed by atoms with Crippen LogP contribution in [0, 0.1) is 11.8 Å². The largest absolute Gasteiger partial charge is 0.476 e. The zero-order valence-corrected chi connectivity index (χ0v) is 9.43. The van der Waals surface area contributed by atoms with Crippen molar-refractivity contribution >= 4 is 23.2 Å². The second kappa shape index (κ2) is 5.88. The highest BCUT2D eigenvalue weighted by atomic mass is 32.1. The molecule has 0 unspecified atom stereocenters. The van der Waals surface area contributed by atoms with Crippen LogP contribution in [0.2, 0.25) is 0 Å². The van der Waals surface area contributed by atoms with Gasteiger partial charge in [0.05, 0.1) is 0 Å². The molecule has 1 rings (SSSR count). The second-order valence-electron chi connectivity index (χ2n) is 2.88. The maximum atomic E-state index is 10.5. The SMILES string of the molecule is CC(=O)NCCC#Cc1nc(C(=O)O)cs1. The van der Waals surface area contributed by atoms with Gasteiger partial charge in [0.1, 0.15) is 0 Å². The van der Waals surface area contributed by atoms with Crippen LogP contribution in [0.4, 0.5) is 0 Å². The van der Waals surface area contributed by atoms with E-state index in [-0.39, 0.29) is 11.6 Å². The fourth-order valence-electron chi connectivity index (χ4n) is 0.869. The zero-order chi connectivity index (χ0) is 12.0. The lowest BCUT2D eigenvalue weighted by Gasteiger charge is -1.93. The molecule has 2 N–H and O–H groups in total. The van der Waals surface area contributed by atoms with E-state index in [9.17, 15) is 9.59 Å². The maximum absolute atomic E-state index is 10.5. The van der Waals surface area contributed by atoms with Crippen LogP contribution < -0.4 is 5.32 Å². The standard InChI is InChI=1S/C10H10N2O3S/c1-7(13)11-5-3-2-4-9-12-8(6-16-9)10(14)15/h6H,3,5H2,1H3,(H,11,13)(H,14,15). The van der Waals surface area contributed by atoms with Crippen molar-refractivity contribution in [1.29, 1.82) is 0 Å². The van der Waals surface area contributed by atoms with E-state index in [0.29, 0.717) is 18.0 Å². The lowest BCUT2D eigenvalue weighted by Crippen LogP contribution is -2.20. The minimum atomic E-state index is -1.05. The van der Waals surface area contributed by atoms with Gasteiger partial charge in [0.2, 0.25) is 5.91 Å². The monoisotopic (exact) mass is 238 g/mol. The van der Waals surface area contributed by atoms with Crippen molar-refractivity contribution in [3.63, 3.8) is 0 Å². The van der Waals surface area contributed by atoms with Crippen LogP contribution in [0.15, 0.2) is 5.38 Å². The quantitative estimate of drug-likeness (QED) is 0.600. The zero-order valence-electron chi connectivity index (χ0n) is 8.61. The van der Waals surface area contributed by atoms with Crippen molar-refractivity contribution in [2.45, 2.75) is 13.3 Å². The van der Waals surface area contributed by atoms with Crippen LogP contribution in [0.3, 0.4) is 0 Å². The Hall–Kier alpha value is -1.87. The molecule has 84 valence electrons. The fourth-order valence-corrected chi connectivity index (χ4v) is 1.53. The number of aromatic nitrogens is 1. The first-order valence-electron chi connectivity index (χ1n) is 4.51. The molecule has 0 aliphatic heterocycles. The van der Waals surface area contributed by atoms with Crippen molar-refractivity contribution in [2.24, 2.45) is 0 Å². The molecule has 0 aliphatic carbocycles. The number of rotatable bonds is 3. The van der Waals surface area contributed by atoms with E-state index in [1.165, 1.54) is 23.6 Å². The van der Waals surface area contributed by atoms with E-state index in [4.69, 9.17) is 5.11 Å². The highest BCUT2D eigenvalue weighted by molar-refractivity contribution is 7.10. The molecule has 1 heterocycles. The molecule has 0 bridgehead atoms. The minimum absolute atomic E-state index is 0.0103. The number of carboxylic acids is 1. The normalized spacial score (nSPS) is 9.06. The van der Waals surface area contributed by atoms with Gasteiger partial charge in [-0.3, -0.25) is 4.79 Å². The number of amides is 1. The van der Waals surface area contributed by atoms with Crippen LogP contribution >= 0.6 is 11.3 Å². The Morgan fingerprint density at radius 3 is 2.94 bits per heavy atom. The predicted octanol–water partition coefficient (Wildman–Crippen LogP) is 0.719. The number of nitrogens with one attached hydrogen (secondary N) is 1. The Kier molecular flexibility index (Phi) is 4.48. The molecule has 1 aromatic heterocycles. The number of hydrogen-bond donors (Lipinski definition) is 2. The van der Waals surface area contributed by atoms with E-state index >= 15 is 0 Å². The van der Waals surface area contributed by atoms with E-state index in [1.54, 1.807) is 0 Å². The smallest absolute Gasteiger partial charge is 0.355 e. The Labute approximate surface area is 96.5 Å². The molecule has 16 heavy (non-hydrogen) atoms. The first-order chi connectivity index (χ1) is 7.59. The molecule has 1 aromatic rings. The van der Waals surface area contributed by atoms with Crippen molar-refractivity contribution in [1.82, 2.24) is 10.3 Å². The summed E-state index contributed by atoms with van der Waals surface area (Å²) in [5, 5.41) is 13.1. The summed E-state index contributed by atoms with van der Waals surface area (Å²) in [4.78, 5) is 24.8. The molecule has 0 radical (unpaired) electrons. The van der Waals surface area contributed by atoms with E-state index in [2.05, 4.69) is 22.1 Å². The topological polar surface area (TPSA) is 79.3 Å². The molecule has 0 saturated carbocycles. The molecule has 0 spiro atoms. The fraction of sp³-hybridized carbons (Fsp3) is 0.300. The summed E-state index contributed by atoms with van der Waals surface area (Å²) in [5.74, 6) is 4.39. The predicted molar refractivity (Wildman–Crippen MR) is 59.3 cm³/mol. The second-order valence-corrected chi connectivity index (χ2v) is 3.74.